The van der Waals surface area contributed by atoms with Gasteiger partial charge in [-0.15, -0.1) is 0 Å². The van der Waals surface area contributed by atoms with Gasteiger partial charge in [0.15, 0.2) is 0 Å². The monoisotopic (exact) mass is 387 g/mol. The van der Waals surface area contributed by atoms with Crippen molar-refractivity contribution in [1.29, 1.82) is 0 Å². The van der Waals surface area contributed by atoms with E-state index >= 15 is 0 Å². The standard InChI is InChI=1S/C20H25N3O5/c1-2-12-28-16-5-3-4-15(13-16)20(27)22-10-8-21(9-11-22)19(26)14-23-17(24)6-7-18(23)25/h3-5,13H,2,6-12,14H2,1H3. The van der Waals surface area contributed by atoms with Crippen molar-refractivity contribution in [3.05, 3.63) is 29.8 Å². The lowest BCUT2D eigenvalue weighted by Crippen LogP contribution is -2.53. The second-order valence-electron chi connectivity index (χ2n) is 6.92. The van der Waals surface area contributed by atoms with Gasteiger partial charge in [0, 0.05) is 44.6 Å². The Bertz CT molecular complexity index is 755. The van der Waals surface area contributed by atoms with Gasteiger partial charge >= 0.3 is 0 Å². The molecule has 8 nitrogen and oxygen atoms in total. The van der Waals surface area contributed by atoms with Gasteiger partial charge in [-0.05, 0) is 24.6 Å². The van der Waals surface area contributed by atoms with E-state index in [2.05, 4.69) is 0 Å². The number of likely N-dealkylation sites (tertiary alicyclic amines) is 1. The van der Waals surface area contributed by atoms with Crippen LogP contribution in [0.4, 0.5) is 0 Å². The highest BCUT2D eigenvalue weighted by Gasteiger charge is 2.33. The van der Waals surface area contributed by atoms with Crippen LogP contribution in [-0.4, -0.2) is 77.7 Å². The second kappa shape index (κ2) is 8.86. The fourth-order valence-corrected chi connectivity index (χ4v) is 3.31. The Kier molecular flexibility index (Phi) is 6.28. The molecule has 150 valence electrons. The van der Waals surface area contributed by atoms with E-state index in [0.717, 1.165) is 11.3 Å². The highest BCUT2D eigenvalue weighted by atomic mass is 16.5. The second-order valence-corrected chi connectivity index (χ2v) is 6.92. The van der Waals surface area contributed by atoms with Crippen molar-refractivity contribution >= 4 is 23.6 Å². The molecule has 0 unspecified atom stereocenters. The molecule has 2 heterocycles. The van der Waals surface area contributed by atoms with Crippen LogP contribution in [0.25, 0.3) is 0 Å². The smallest absolute Gasteiger partial charge is 0.254 e. The van der Waals surface area contributed by atoms with Crippen LogP contribution in [0.2, 0.25) is 0 Å². The molecule has 0 aliphatic carbocycles. The summed E-state index contributed by atoms with van der Waals surface area (Å²) in [6.07, 6.45) is 1.24. The number of hydrogen-bond donors (Lipinski definition) is 0. The number of hydrogen-bond acceptors (Lipinski definition) is 5. The van der Waals surface area contributed by atoms with Crippen LogP contribution in [0.5, 0.6) is 5.75 Å². The van der Waals surface area contributed by atoms with Gasteiger partial charge in [0.05, 0.1) is 6.61 Å². The van der Waals surface area contributed by atoms with Gasteiger partial charge in [0.25, 0.3) is 5.91 Å². The third-order valence-electron chi connectivity index (χ3n) is 4.92. The van der Waals surface area contributed by atoms with Gasteiger partial charge in [-0.2, -0.15) is 0 Å². The molecule has 0 spiro atoms. The van der Waals surface area contributed by atoms with E-state index in [1.807, 2.05) is 13.0 Å². The topological polar surface area (TPSA) is 87.2 Å². The summed E-state index contributed by atoms with van der Waals surface area (Å²) in [7, 11) is 0. The summed E-state index contributed by atoms with van der Waals surface area (Å²) in [6, 6.07) is 7.11. The Labute approximate surface area is 164 Å². The van der Waals surface area contributed by atoms with E-state index < -0.39 is 0 Å². The average Bonchev–Trinajstić information content (AvgIpc) is 3.04. The molecule has 28 heavy (non-hydrogen) atoms. The molecule has 4 amide bonds. The van der Waals surface area contributed by atoms with Crippen LogP contribution in [0.1, 0.15) is 36.5 Å². The SMILES string of the molecule is CCCOc1cccc(C(=O)N2CCN(C(=O)CN3C(=O)CCC3=O)CC2)c1. The molecule has 2 fully saturated rings. The van der Waals surface area contributed by atoms with E-state index in [9.17, 15) is 19.2 Å². The van der Waals surface area contributed by atoms with Crippen molar-refractivity contribution < 1.29 is 23.9 Å². The minimum atomic E-state index is -0.294. The van der Waals surface area contributed by atoms with Crippen molar-refractivity contribution in [3.63, 3.8) is 0 Å². The normalized spacial score (nSPS) is 17.2. The van der Waals surface area contributed by atoms with Gasteiger partial charge < -0.3 is 14.5 Å². The lowest BCUT2D eigenvalue weighted by Gasteiger charge is -2.35. The Morgan fingerprint density at radius 2 is 1.64 bits per heavy atom. The Hall–Kier alpha value is -2.90. The van der Waals surface area contributed by atoms with Gasteiger partial charge in [-0.25, -0.2) is 0 Å². The van der Waals surface area contributed by atoms with E-state index in [0.29, 0.717) is 44.1 Å². The predicted molar refractivity (Wildman–Crippen MR) is 101 cm³/mol. The van der Waals surface area contributed by atoms with Crippen LogP contribution >= 0.6 is 0 Å². The van der Waals surface area contributed by atoms with Crippen molar-refractivity contribution in [1.82, 2.24) is 14.7 Å². The Morgan fingerprint density at radius 3 is 2.29 bits per heavy atom. The van der Waals surface area contributed by atoms with Crippen molar-refractivity contribution in [2.45, 2.75) is 26.2 Å². The summed E-state index contributed by atoms with van der Waals surface area (Å²) < 4.78 is 5.58. The van der Waals surface area contributed by atoms with Crippen LogP contribution < -0.4 is 4.74 Å². The lowest BCUT2D eigenvalue weighted by atomic mass is 10.1. The van der Waals surface area contributed by atoms with Crippen LogP contribution in [0.3, 0.4) is 0 Å². The Balaban J connectivity index is 1.53. The average molecular weight is 387 g/mol. The van der Waals surface area contributed by atoms with Gasteiger partial charge in [-0.3, -0.25) is 24.1 Å². The van der Waals surface area contributed by atoms with Crippen molar-refractivity contribution in [3.8, 4) is 5.75 Å². The molecule has 2 aliphatic heterocycles. The minimum absolute atomic E-state index is 0.0982. The first-order valence-corrected chi connectivity index (χ1v) is 9.62. The summed E-state index contributed by atoms with van der Waals surface area (Å²) in [4.78, 5) is 52.8. The fourth-order valence-electron chi connectivity index (χ4n) is 3.31. The van der Waals surface area contributed by atoms with E-state index in [1.165, 1.54) is 0 Å². The number of amides is 4. The minimum Gasteiger partial charge on any atom is -0.494 e. The molecule has 0 aromatic heterocycles. The molecular formula is C20H25N3O5. The summed E-state index contributed by atoms with van der Waals surface area (Å²) >= 11 is 0. The number of carbonyl (C=O) groups excluding carboxylic acids is 4. The maximum atomic E-state index is 12.7. The molecule has 0 bridgehead atoms. The third-order valence-corrected chi connectivity index (χ3v) is 4.92. The van der Waals surface area contributed by atoms with E-state index in [-0.39, 0.29) is 43.0 Å². The Morgan fingerprint density at radius 1 is 1.00 bits per heavy atom. The summed E-state index contributed by atoms with van der Waals surface area (Å²) in [5, 5.41) is 0. The summed E-state index contributed by atoms with van der Waals surface area (Å²) in [5.74, 6) is -0.277. The van der Waals surface area contributed by atoms with Crippen LogP contribution in [0, 0.1) is 0 Å². The molecule has 8 heteroatoms. The molecule has 0 N–H and O–H groups in total. The number of benzene rings is 1. The first-order chi connectivity index (χ1) is 13.5. The lowest BCUT2D eigenvalue weighted by molar-refractivity contribution is -0.146. The molecule has 2 aliphatic rings. The molecule has 1 aromatic carbocycles. The van der Waals surface area contributed by atoms with Gasteiger partial charge in [0.1, 0.15) is 12.3 Å². The zero-order valence-corrected chi connectivity index (χ0v) is 16.1. The highest BCUT2D eigenvalue weighted by Crippen LogP contribution is 2.17. The molecule has 0 saturated carbocycles. The highest BCUT2D eigenvalue weighted by molar-refractivity contribution is 6.04. The molecule has 0 atom stereocenters. The summed E-state index contributed by atoms with van der Waals surface area (Å²) in [6.45, 7) is 3.99. The molecular weight excluding hydrogens is 362 g/mol. The quantitative estimate of drug-likeness (QED) is 0.677. The summed E-state index contributed by atoms with van der Waals surface area (Å²) in [5.41, 5.74) is 0.557. The van der Waals surface area contributed by atoms with Crippen LogP contribution in [0.15, 0.2) is 24.3 Å². The van der Waals surface area contributed by atoms with E-state index in [4.69, 9.17) is 4.74 Å². The molecule has 1 aromatic rings. The van der Waals surface area contributed by atoms with Gasteiger partial charge in [-0.1, -0.05) is 13.0 Å². The number of ether oxygens (including phenoxy) is 1. The number of carbonyl (C=O) groups is 4. The third kappa shape index (κ3) is 4.49. The number of imide groups is 1. The number of nitrogens with zero attached hydrogens (tertiary/aromatic N) is 3. The molecule has 2 saturated heterocycles. The first-order valence-electron chi connectivity index (χ1n) is 9.62. The van der Waals surface area contributed by atoms with Crippen LogP contribution in [-0.2, 0) is 14.4 Å². The number of rotatable bonds is 6. The van der Waals surface area contributed by atoms with Crippen molar-refractivity contribution in [2.24, 2.45) is 0 Å². The zero-order chi connectivity index (χ0) is 20.1. The predicted octanol–water partition coefficient (Wildman–Crippen LogP) is 0.909. The first kappa shape index (κ1) is 19.9. The van der Waals surface area contributed by atoms with Gasteiger partial charge in [0.2, 0.25) is 17.7 Å². The maximum absolute atomic E-state index is 12.7. The zero-order valence-electron chi connectivity index (χ0n) is 16.1. The van der Waals surface area contributed by atoms with E-state index in [1.54, 1.807) is 28.0 Å². The molecule has 0 radical (unpaired) electrons. The van der Waals surface area contributed by atoms with Crippen molar-refractivity contribution in [2.75, 3.05) is 39.3 Å². The largest absolute Gasteiger partial charge is 0.494 e. The fraction of sp³-hybridized carbons (Fsp3) is 0.500. The molecule has 3 rings (SSSR count). The number of piperazine rings is 1. The maximum Gasteiger partial charge on any atom is 0.254 e.